The SMILES string of the molecule is Cc1ccc2c(CCNC(=O)NCc3cccc(NC(=O)C4CCCO4)c3)c[nH]c2c1. The molecule has 162 valence electrons. The van der Waals surface area contributed by atoms with E-state index in [4.69, 9.17) is 4.74 Å². The van der Waals surface area contributed by atoms with E-state index in [2.05, 4.69) is 46.1 Å². The third-order valence-corrected chi connectivity index (χ3v) is 5.47. The lowest BCUT2D eigenvalue weighted by Crippen LogP contribution is -2.36. The lowest BCUT2D eigenvalue weighted by atomic mass is 10.1. The number of rotatable bonds is 7. The Morgan fingerprint density at radius 3 is 2.90 bits per heavy atom. The summed E-state index contributed by atoms with van der Waals surface area (Å²) >= 11 is 0. The van der Waals surface area contributed by atoms with Crippen molar-refractivity contribution in [3.8, 4) is 0 Å². The van der Waals surface area contributed by atoms with Gasteiger partial charge < -0.3 is 25.7 Å². The number of hydrogen-bond donors (Lipinski definition) is 4. The van der Waals surface area contributed by atoms with Crippen LogP contribution in [0.2, 0.25) is 0 Å². The first kappa shape index (κ1) is 20.9. The number of benzene rings is 2. The Balaban J connectivity index is 1.22. The lowest BCUT2D eigenvalue weighted by molar-refractivity contribution is -0.124. The van der Waals surface area contributed by atoms with E-state index >= 15 is 0 Å². The van der Waals surface area contributed by atoms with Gasteiger partial charge in [0.2, 0.25) is 0 Å². The molecule has 0 bridgehead atoms. The number of carbonyl (C=O) groups excluding carboxylic acids is 2. The first-order valence-corrected chi connectivity index (χ1v) is 10.7. The van der Waals surface area contributed by atoms with Gasteiger partial charge in [0, 0.05) is 42.5 Å². The Bertz CT molecular complexity index is 1070. The molecule has 4 rings (SSSR count). The first-order valence-electron chi connectivity index (χ1n) is 10.7. The van der Waals surface area contributed by atoms with Crippen molar-refractivity contribution in [1.82, 2.24) is 15.6 Å². The summed E-state index contributed by atoms with van der Waals surface area (Å²) in [5.41, 5.74) is 5.13. The number of aromatic amines is 1. The van der Waals surface area contributed by atoms with Gasteiger partial charge in [-0.3, -0.25) is 4.79 Å². The molecule has 7 nitrogen and oxygen atoms in total. The number of fused-ring (bicyclic) bond motifs is 1. The summed E-state index contributed by atoms with van der Waals surface area (Å²) in [5.74, 6) is -0.118. The summed E-state index contributed by atoms with van der Waals surface area (Å²) in [6, 6.07) is 13.6. The van der Waals surface area contributed by atoms with E-state index in [-0.39, 0.29) is 18.0 Å². The molecule has 2 aromatic carbocycles. The van der Waals surface area contributed by atoms with Crippen LogP contribution in [0.5, 0.6) is 0 Å². The summed E-state index contributed by atoms with van der Waals surface area (Å²) in [4.78, 5) is 27.6. The van der Waals surface area contributed by atoms with Gasteiger partial charge in [-0.2, -0.15) is 0 Å². The number of hydrogen-bond acceptors (Lipinski definition) is 3. The number of anilines is 1. The minimum atomic E-state index is -0.367. The number of amides is 3. The Morgan fingerprint density at radius 2 is 2.06 bits per heavy atom. The highest BCUT2D eigenvalue weighted by Crippen LogP contribution is 2.20. The molecule has 0 saturated carbocycles. The van der Waals surface area contributed by atoms with Gasteiger partial charge in [0.1, 0.15) is 6.10 Å². The molecule has 4 N–H and O–H groups in total. The molecule has 3 amide bonds. The summed E-state index contributed by atoms with van der Waals surface area (Å²) in [6.07, 6.45) is 4.05. The first-order chi connectivity index (χ1) is 15.1. The van der Waals surface area contributed by atoms with Crippen LogP contribution in [0, 0.1) is 6.92 Å². The molecule has 1 aliphatic rings. The zero-order chi connectivity index (χ0) is 21.6. The summed E-state index contributed by atoms with van der Waals surface area (Å²) in [5, 5.41) is 9.84. The van der Waals surface area contributed by atoms with Gasteiger partial charge in [-0.05, 0) is 61.1 Å². The molecule has 31 heavy (non-hydrogen) atoms. The van der Waals surface area contributed by atoms with Gasteiger partial charge >= 0.3 is 6.03 Å². The van der Waals surface area contributed by atoms with Crippen molar-refractivity contribution < 1.29 is 14.3 Å². The maximum absolute atomic E-state index is 12.2. The fourth-order valence-electron chi connectivity index (χ4n) is 3.83. The largest absolute Gasteiger partial charge is 0.368 e. The van der Waals surface area contributed by atoms with Crippen LogP contribution < -0.4 is 16.0 Å². The molecule has 1 unspecified atom stereocenters. The van der Waals surface area contributed by atoms with E-state index in [1.807, 2.05) is 30.5 Å². The molecular weight excluding hydrogens is 392 g/mol. The van der Waals surface area contributed by atoms with Crippen molar-refractivity contribution >= 4 is 28.5 Å². The zero-order valence-electron chi connectivity index (χ0n) is 17.7. The fourth-order valence-corrected chi connectivity index (χ4v) is 3.83. The van der Waals surface area contributed by atoms with Gasteiger partial charge in [-0.1, -0.05) is 24.3 Å². The van der Waals surface area contributed by atoms with Crippen molar-refractivity contribution in [3.05, 3.63) is 65.4 Å². The van der Waals surface area contributed by atoms with E-state index < -0.39 is 0 Å². The second-order valence-electron chi connectivity index (χ2n) is 7.91. The van der Waals surface area contributed by atoms with Crippen LogP contribution in [0.1, 0.15) is 29.5 Å². The summed E-state index contributed by atoms with van der Waals surface area (Å²) < 4.78 is 5.41. The van der Waals surface area contributed by atoms with Crippen LogP contribution in [-0.4, -0.2) is 36.2 Å². The number of urea groups is 1. The van der Waals surface area contributed by atoms with Gasteiger partial charge in [0.05, 0.1) is 0 Å². The minimum absolute atomic E-state index is 0.118. The van der Waals surface area contributed by atoms with Gasteiger partial charge in [-0.15, -0.1) is 0 Å². The van der Waals surface area contributed by atoms with Gasteiger partial charge in [0.25, 0.3) is 5.91 Å². The molecule has 1 atom stereocenters. The maximum Gasteiger partial charge on any atom is 0.315 e. The molecule has 1 fully saturated rings. The fraction of sp³-hybridized carbons (Fsp3) is 0.333. The number of aryl methyl sites for hydroxylation is 1. The van der Waals surface area contributed by atoms with Crippen LogP contribution in [0.25, 0.3) is 10.9 Å². The Labute approximate surface area is 181 Å². The predicted molar refractivity (Wildman–Crippen MR) is 121 cm³/mol. The van der Waals surface area contributed by atoms with E-state index in [1.165, 1.54) is 16.5 Å². The molecule has 0 aliphatic carbocycles. The third-order valence-electron chi connectivity index (χ3n) is 5.47. The predicted octanol–water partition coefficient (Wildman–Crippen LogP) is 3.64. The average molecular weight is 421 g/mol. The minimum Gasteiger partial charge on any atom is -0.368 e. The van der Waals surface area contributed by atoms with E-state index in [9.17, 15) is 9.59 Å². The number of carbonyl (C=O) groups is 2. The van der Waals surface area contributed by atoms with E-state index in [0.29, 0.717) is 25.4 Å². The van der Waals surface area contributed by atoms with Crippen LogP contribution >= 0.6 is 0 Å². The number of aromatic nitrogens is 1. The summed E-state index contributed by atoms with van der Waals surface area (Å²) in [6.45, 7) is 3.63. The molecule has 0 spiro atoms. The van der Waals surface area contributed by atoms with Gasteiger partial charge in [0.15, 0.2) is 0 Å². The highest BCUT2D eigenvalue weighted by atomic mass is 16.5. The maximum atomic E-state index is 12.2. The summed E-state index contributed by atoms with van der Waals surface area (Å²) in [7, 11) is 0. The van der Waals surface area contributed by atoms with Crippen LogP contribution in [0.4, 0.5) is 10.5 Å². The van der Waals surface area contributed by atoms with Crippen molar-refractivity contribution in [2.75, 3.05) is 18.5 Å². The zero-order valence-corrected chi connectivity index (χ0v) is 17.7. The average Bonchev–Trinajstić information content (AvgIpc) is 3.43. The third kappa shape index (κ3) is 5.44. The standard InChI is InChI=1S/C24H28N4O3/c1-16-7-8-20-18(15-26-21(20)12-16)9-10-25-24(30)27-14-17-4-2-5-19(13-17)28-23(29)22-6-3-11-31-22/h2,4-5,7-8,12-13,15,22,26H,3,6,9-11,14H2,1H3,(H,28,29)(H2,25,27,30). The molecule has 1 saturated heterocycles. The monoisotopic (exact) mass is 420 g/mol. The van der Waals surface area contributed by atoms with E-state index in [1.54, 1.807) is 0 Å². The Kier molecular flexibility index (Phi) is 6.52. The molecule has 3 aromatic rings. The van der Waals surface area contributed by atoms with Crippen LogP contribution in [0.15, 0.2) is 48.7 Å². The molecule has 7 heteroatoms. The second-order valence-corrected chi connectivity index (χ2v) is 7.91. The number of nitrogens with one attached hydrogen (secondary N) is 4. The molecule has 0 radical (unpaired) electrons. The Hall–Kier alpha value is -3.32. The van der Waals surface area contributed by atoms with Crippen LogP contribution in [0.3, 0.4) is 0 Å². The highest BCUT2D eigenvalue weighted by Gasteiger charge is 2.23. The second kappa shape index (κ2) is 9.66. The quantitative estimate of drug-likeness (QED) is 0.470. The molecule has 1 aliphatic heterocycles. The number of ether oxygens (including phenoxy) is 1. The Morgan fingerprint density at radius 1 is 1.16 bits per heavy atom. The van der Waals surface area contributed by atoms with Crippen molar-refractivity contribution in [2.24, 2.45) is 0 Å². The normalized spacial score (nSPS) is 15.7. The molecule has 1 aromatic heterocycles. The topological polar surface area (TPSA) is 95.2 Å². The molecular formula is C24H28N4O3. The van der Waals surface area contributed by atoms with Crippen LogP contribution in [-0.2, 0) is 22.5 Å². The van der Waals surface area contributed by atoms with Crippen molar-refractivity contribution in [2.45, 2.75) is 38.8 Å². The van der Waals surface area contributed by atoms with E-state index in [0.717, 1.165) is 30.3 Å². The van der Waals surface area contributed by atoms with Gasteiger partial charge in [-0.25, -0.2) is 4.79 Å². The van der Waals surface area contributed by atoms with Crippen molar-refractivity contribution in [1.29, 1.82) is 0 Å². The van der Waals surface area contributed by atoms with Crippen molar-refractivity contribution in [3.63, 3.8) is 0 Å². The molecule has 2 heterocycles. The smallest absolute Gasteiger partial charge is 0.315 e. The number of H-pyrrole nitrogens is 1. The lowest BCUT2D eigenvalue weighted by Gasteiger charge is -2.12. The highest BCUT2D eigenvalue weighted by molar-refractivity contribution is 5.94.